The van der Waals surface area contributed by atoms with Crippen LogP contribution in [0.4, 0.5) is 4.39 Å². The summed E-state index contributed by atoms with van der Waals surface area (Å²) in [6, 6.07) is 4.70. The number of hydrogen-bond acceptors (Lipinski definition) is 3. The van der Waals surface area contributed by atoms with Crippen LogP contribution in [0.1, 0.15) is 18.9 Å². The molecule has 2 fully saturated rings. The lowest BCUT2D eigenvalue weighted by molar-refractivity contribution is 0.0933. The van der Waals surface area contributed by atoms with E-state index in [2.05, 4.69) is 22.0 Å². The molecule has 0 bridgehead atoms. The molecule has 1 N–H and O–H groups in total. The van der Waals surface area contributed by atoms with Crippen molar-refractivity contribution in [3.63, 3.8) is 0 Å². The molecule has 1 atom stereocenters. The first-order valence-electron chi connectivity index (χ1n) is 8.13. The van der Waals surface area contributed by atoms with Crippen LogP contribution in [0.25, 0.3) is 0 Å². The lowest BCUT2D eigenvalue weighted by Gasteiger charge is -2.38. The first-order valence-corrected chi connectivity index (χ1v) is 8.51. The van der Waals surface area contributed by atoms with Gasteiger partial charge in [0.25, 0.3) is 0 Å². The van der Waals surface area contributed by atoms with Crippen LogP contribution in [0.5, 0.6) is 0 Å². The molecule has 0 aliphatic carbocycles. The van der Waals surface area contributed by atoms with Crippen molar-refractivity contribution < 1.29 is 4.39 Å². The Balaban J connectivity index is 1.49. The van der Waals surface area contributed by atoms with Crippen molar-refractivity contribution >= 4 is 11.6 Å². The van der Waals surface area contributed by atoms with Gasteiger partial charge in [-0.25, -0.2) is 4.39 Å². The predicted molar refractivity (Wildman–Crippen MR) is 88.7 cm³/mol. The maximum absolute atomic E-state index is 13.1. The minimum atomic E-state index is -0.267. The van der Waals surface area contributed by atoms with Crippen molar-refractivity contribution in [3.8, 4) is 0 Å². The molecule has 22 heavy (non-hydrogen) atoms. The fraction of sp³-hybridized carbons (Fsp3) is 0.647. The summed E-state index contributed by atoms with van der Waals surface area (Å²) in [4.78, 5) is 4.99. The van der Waals surface area contributed by atoms with Gasteiger partial charge in [0.15, 0.2) is 0 Å². The van der Waals surface area contributed by atoms with Crippen LogP contribution in [0.2, 0.25) is 5.02 Å². The van der Waals surface area contributed by atoms with E-state index in [4.69, 9.17) is 11.6 Å². The fourth-order valence-electron chi connectivity index (χ4n) is 3.54. The molecule has 2 heterocycles. The molecule has 3 rings (SSSR count). The average Bonchev–Trinajstić information content (AvgIpc) is 2.90. The standard InChI is InChI=1S/C17H25ClFN3/c1-17(4-5-20-12-17)13-22-8-6-21(7-9-22)11-14-2-3-15(19)10-16(14)18/h2-3,10,20H,4-9,11-13H2,1H3. The van der Waals surface area contributed by atoms with Crippen LogP contribution in [-0.4, -0.2) is 55.6 Å². The molecular formula is C17H25ClFN3. The van der Waals surface area contributed by atoms with Gasteiger partial charge in [0, 0.05) is 50.8 Å². The molecule has 1 aromatic carbocycles. The van der Waals surface area contributed by atoms with E-state index in [1.807, 2.05) is 0 Å². The second-order valence-corrected chi connectivity index (χ2v) is 7.43. The van der Waals surface area contributed by atoms with E-state index >= 15 is 0 Å². The monoisotopic (exact) mass is 325 g/mol. The van der Waals surface area contributed by atoms with Crippen LogP contribution < -0.4 is 5.32 Å². The van der Waals surface area contributed by atoms with Crippen LogP contribution >= 0.6 is 11.6 Å². The molecule has 0 aromatic heterocycles. The maximum atomic E-state index is 13.1. The Labute approximate surface area is 137 Å². The largest absolute Gasteiger partial charge is 0.316 e. The molecule has 2 saturated heterocycles. The Morgan fingerprint density at radius 3 is 2.59 bits per heavy atom. The molecular weight excluding hydrogens is 301 g/mol. The van der Waals surface area contributed by atoms with Gasteiger partial charge in [-0.15, -0.1) is 0 Å². The number of nitrogens with zero attached hydrogens (tertiary/aromatic N) is 2. The third-order valence-corrected chi connectivity index (χ3v) is 5.29. The zero-order valence-electron chi connectivity index (χ0n) is 13.2. The van der Waals surface area contributed by atoms with E-state index in [0.29, 0.717) is 10.4 Å². The summed E-state index contributed by atoms with van der Waals surface area (Å²) in [5, 5.41) is 4.01. The van der Waals surface area contributed by atoms with Crippen molar-refractivity contribution in [2.24, 2.45) is 5.41 Å². The van der Waals surface area contributed by atoms with E-state index in [1.165, 1.54) is 25.1 Å². The Hall–Kier alpha value is -0.680. The van der Waals surface area contributed by atoms with Crippen LogP contribution in [0.15, 0.2) is 18.2 Å². The molecule has 0 amide bonds. The van der Waals surface area contributed by atoms with Crippen LogP contribution in [0, 0.1) is 11.2 Å². The first kappa shape index (κ1) is 16.2. The molecule has 0 radical (unpaired) electrons. The number of rotatable bonds is 4. The van der Waals surface area contributed by atoms with Gasteiger partial charge < -0.3 is 10.2 Å². The van der Waals surface area contributed by atoms with E-state index in [1.54, 1.807) is 6.07 Å². The van der Waals surface area contributed by atoms with Gasteiger partial charge in [-0.05, 0) is 36.1 Å². The van der Waals surface area contributed by atoms with E-state index in [0.717, 1.165) is 51.4 Å². The summed E-state index contributed by atoms with van der Waals surface area (Å²) in [5.41, 5.74) is 1.45. The number of halogens is 2. The topological polar surface area (TPSA) is 18.5 Å². The minimum absolute atomic E-state index is 0.267. The van der Waals surface area contributed by atoms with Gasteiger partial charge in [0.05, 0.1) is 0 Å². The van der Waals surface area contributed by atoms with Crippen LogP contribution in [-0.2, 0) is 6.54 Å². The van der Waals surface area contributed by atoms with Crippen molar-refractivity contribution in [2.45, 2.75) is 19.9 Å². The molecule has 1 unspecified atom stereocenters. The third-order valence-electron chi connectivity index (χ3n) is 4.94. The molecule has 0 saturated carbocycles. The third kappa shape index (κ3) is 3.99. The van der Waals surface area contributed by atoms with Crippen molar-refractivity contribution in [3.05, 3.63) is 34.6 Å². The number of nitrogens with one attached hydrogen (secondary N) is 1. The molecule has 2 aliphatic rings. The van der Waals surface area contributed by atoms with Crippen molar-refractivity contribution in [2.75, 3.05) is 45.8 Å². The number of benzene rings is 1. The SMILES string of the molecule is CC1(CN2CCN(Cc3ccc(F)cc3Cl)CC2)CCNC1. The minimum Gasteiger partial charge on any atom is -0.316 e. The second-order valence-electron chi connectivity index (χ2n) is 7.03. The number of piperazine rings is 1. The molecule has 3 nitrogen and oxygen atoms in total. The maximum Gasteiger partial charge on any atom is 0.124 e. The van der Waals surface area contributed by atoms with Gasteiger partial charge in [0.1, 0.15) is 5.82 Å². The fourth-order valence-corrected chi connectivity index (χ4v) is 3.77. The molecule has 2 aliphatic heterocycles. The molecule has 122 valence electrons. The zero-order chi connectivity index (χ0) is 15.6. The smallest absolute Gasteiger partial charge is 0.124 e. The van der Waals surface area contributed by atoms with Gasteiger partial charge >= 0.3 is 0 Å². The Morgan fingerprint density at radius 1 is 1.23 bits per heavy atom. The average molecular weight is 326 g/mol. The molecule has 5 heteroatoms. The second kappa shape index (κ2) is 6.83. The normalized spacial score (nSPS) is 27.4. The highest BCUT2D eigenvalue weighted by Crippen LogP contribution is 2.26. The Morgan fingerprint density at radius 2 is 1.95 bits per heavy atom. The van der Waals surface area contributed by atoms with Gasteiger partial charge in [-0.3, -0.25) is 4.90 Å². The van der Waals surface area contributed by atoms with E-state index in [9.17, 15) is 4.39 Å². The van der Waals surface area contributed by atoms with Crippen molar-refractivity contribution in [1.29, 1.82) is 0 Å². The summed E-state index contributed by atoms with van der Waals surface area (Å²) in [6.07, 6.45) is 1.28. The number of hydrogen-bond donors (Lipinski definition) is 1. The Bertz CT molecular complexity index is 509. The van der Waals surface area contributed by atoms with Gasteiger partial charge in [-0.2, -0.15) is 0 Å². The summed E-state index contributed by atoms with van der Waals surface area (Å²) in [6.45, 7) is 11.0. The van der Waals surface area contributed by atoms with Gasteiger partial charge in [-0.1, -0.05) is 24.6 Å². The van der Waals surface area contributed by atoms with E-state index < -0.39 is 0 Å². The van der Waals surface area contributed by atoms with Crippen LogP contribution in [0.3, 0.4) is 0 Å². The van der Waals surface area contributed by atoms with E-state index in [-0.39, 0.29) is 5.82 Å². The first-order chi connectivity index (χ1) is 10.5. The quantitative estimate of drug-likeness (QED) is 0.918. The summed E-state index contributed by atoms with van der Waals surface area (Å²) in [5.74, 6) is -0.267. The Kier molecular flexibility index (Phi) is 5.03. The van der Waals surface area contributed by atoms with Crippen molar-refractivity contribution in [1.82, 2.24) is 15.1 Å². The lowest BCUT2D eigenvalue weighted by Crippen LogP contribution is -2.49. The van der Waals surface area contributed by atoms with Gasteiger partial charge in [0.2, 0.25) is 0 Å². The molecule has 0 spiro atoms. The highest BCUT2D eigenvalue weighted by molar-refractivity contribution is 6.31. The highest BCUT2D eigenvalue weighted by atomic mass is 35.5. The highest BCUT2D eigenvalue weighted by Gasteiger charge is 2.31. The summed E-state index contributed by atoms with van der Waals surface area (Å²) >= 11 is 6.13. The summed E-state index contributed by atoms with van der Waals surface area (Å²) < 4.78 is 13.1. The molecule has 1 aromatic rings. The zero-order valence-corrected chi connectivity index (χ0v) is 14.0. The predicted octanol–water partition coefficient (Wildman–Crippen LogP) is 2.60. The lowest BCUT2D eigenvalue weighted by atomic mass is 9.89. The summed E-state index contributed by atoms with van der Waals surface area (Å²) in [7, 11) is 0.